The molecule has 3 aliphatic heterocycles. The van der Waals surface area contributed by atoms with Gasteiger partial charge < -0.3 is 14.4 Å². The molecule has 1 aromatic rings. The van der Waals surface area contributed by atoms with Crippen LogP contribution in [0.15, 0.2) is 12.4 Å². The molecule has 2 fully saturated rings. The molecule has 4 heterocycles. The molecule has 2 saturated heterocycles. The fourth-order valence-corrected chi connectivity index (χ4v) is 3.25. The highest BCUT2D eigenvalue weighted by Gasteiger charge is 2.39. The van der Waals surface area contributed by atoms with Crippen molar-refractivity contribution in [1.82, 2.24) is 15.0 Å². The van der Waals surface area contributed by atoms with E-state index in [1.165, 1.54) is 18.4 Å². The highest BCUT2D eigenvalue weighted by molar-refractivity contribution is 5.61. The fourth-order valence-electron chi connectivity index (χ4n) is 3.25. The average Bonchev–Trinajstić information content (AvgIpc) is 2.78. The monoisotopic (exact) mass is 274 g/mol. The molecule has 6 nitrogen and oxygen atoms in total. The van der Waals surface area contributed by atoms with Gasteiger partial charge in [-0.05, 0) is 24.8 Å². The summed E-state index contributed by atoms with van der Waals surface area (Å²) in [7, 11) is 0. The number of rotatable bonds is 2. The predicted molar refractivity (Wildman–Crippen MR) is 73.3 cm³/mol. The summed E-state index contributed by atoms with van der Waals surface area (Å²) in [5.41, 5.74) is 1.17. The van der Waals surface area contributed by atoms with Gasteiger partial charge in [0.2, 0.25) is 5.95 Å². The Morgan fingerprint density at radius 1 is 1.10 bits per heavy atom. The van der Waals surface area contributed by atoms with Crippen LogP contribution in [0.2, 0.25) is 0 Å². The quantitative estimate of drug-likeness (QED) is 0.803. The molecule has 0 N–H and O–H groups in total. The van der Waals surface area contributed by atoms with Crippen LogP contribution in [-0.4, -0.2) is 53.5 Å². The Morgan fingerprint density at radius 3 is 2.70 bits per heavy atom. The second-order valence-corrected chi connectivity index (χ2v) is 5.49. The summed E-state index contributed by atoms with van der Waals surface area (Å²) in [6, 6.07) is 0.848. The van der Waals surface area contributed by atoms with Crippen LogP contribution >= 0.6 is 0 Å². The molecule has 1 aromatic heterocycles. The summed E-state index contributed by atoms with van der Waals surface area (Å²) in [6.45, 7) is 2.97. The molecule has 0 aromatic carbocycles. The Kier molecular flexibility index (Phi) is 3.12. The van der Waals surface area contributed by atoms with Gasteiger partial charge >= 0.3 is 0 Å². The summed E-state index contributed by atoms with van der Waals surface area (Å²) >= 11 is 0. The van der Waals surface area contributed by atoms with Crippen molar-refractivity contribution in [2.24, 2.45) is 0 Å². The number of fused-ring (bicyclic) bond motifs is 2. The van der Waals surface area contributed by atoms with Crippen LogP contribution in [0.4, 0.5) is 5.95 Å². The smallest absolute Gasteiger partial charge is 0.229 e. The molecule has 2 bridgehead atoms. The van der Waals surface area contributed by atoms with E-state index in [0.29, 0.717) is 18.7 Å². The largest absolute Gasteiger partial charge is 0.377 e. The van der Waals surface area contributed by atoms with Crippen LogP contribution in [0.5, 0.6) is 0 Å². The van der Waals surface area contributed by atoms with Crippen LogP contribution in [0, 0.1) is 0 Å². The number of hydrogen-bond donors (Lipinski definition) is 0. The molecular weight excluding hydrogens is 256 g/mol. The summed E-state index contributed by atoms with van der Waals surface area (Å²) in [5, 5.41) is 0. The SMILES string of the molecule is C1=C(c2ncnc(N3C4CCC3COC4)n2)CCOC1. The molecule has 0 aliphatic carbocycles. The van der Waals surface area contributed by atoms with Gasteiger partial charge in [0, 0.05) is 0 Å². The number of ether oxygens (including phenoxy) is 2. The number of aromatic nitrogens is 3. The molecule has 0 spiro atoms. The van der Waals surface area contributed by atoms with E-state index in [9.17, 15) is 0 Å². The molecular formula is C14H18N4O2. The molecule has 2 unspecified atom stereocenters. The van der Waals surface area contributed by atoms with E-state index in [4.69, 9.17) is 9.47 Å². The Labute approximate surface area is 117 Å². The van der Waals surface area contributed by atoms with Crippen LogP contribution in [0.3, 0.4) is 0 Å². The average molecular weight is 274 g/mol. The third kappa shape index (κ3) is 2.09. The van der Waals surface area contributed by atoms with E-state index in [-0.39, 0.29) is 0 Å². The van der Waals surface area contributed by atoms with E-state index in [0.717, 1.165) is 38.0 Å². The molecule has 0 radical (unpaired) electrons. The molecule has 3 aliphatic rings. The maximum Gasteiger partial charge on any atom is 0.229 e. The fraction of sp³-hybridized carbons (Fsp3) is 0.643. The third-order valence-electron chi connectivity index (χ3n) is 4.28. The van der Waals surface area contributed by atoms with E-state index in [2.05, 4.69) is 25.9 Å². The highest BCUT2D eigenvalue weighted by atomic mass is 16.5. The minimum Gasteiger partial charge on any atom is -0.377 e. The maximum atomic E-state index is 5.61. The number of morpholine rings is 1. The van der Waals surface area contributed by atoms with Gasteiger partial charge in [-0.3, -0.25) is 0 Å². The van der Waals surface area contributed by atoms with E-state index in [1.807, 2.05) is 0 Å². The van der Waals surface area contributed by atoms with Gasteiger partial charge in [0.1, 0.15) is 6.33 Å². The zero-order valence-corrected chi connectivity index (χ0v) is 11.4. The van der Waals surface area contributed by atoms with Gasteiger partial charge in [0.05, 0.1) is 38.5 Å². The van der Waals surface area contributed by atoms with Crippen molar-refractivity contribution in [1.29, 1.82) is 0 Å². The van der Waals surface area contributed by atoms with Crippen molar-refractivity contribution in [2.45, 2.75) is 31.3 Å². The first-order valence-corrected chi connectivity index (χ1v) is 7.24. The zero-order valence-electron chi connectivity index (χ0n) is 11.4. The van der Waals surface area contributed by atoms with E-state index < -0.39 is 0 Å². The zero-order chi connectivity index (χ0) is 13.4. The molecule has 0 saturated carbocycles. The van der Waals surface area contributed by atoms with E-state index in [1.54, 1.807) is 6.33 Å². The molecule has 20 heavy (non-hydrogen) atoms. The minimum absolute atomic E-state index is 0.424. The normalized spacial score (nSPS) is 29.4. The van der Waals surface area contributed by atoms with Crippen molar-refractivity contribution < 1.29 is 9.47 Å². The Balaban J connectivity index is 1.64. The standard InChI is InChI=1S/C14H18N4O2/c1-2-12-8-20-7-11(1)18(12)14-16-9-15-13(17-14)10-3-5-19-6-4-10/h3,9,11-12H,1-2,4-8H2. The van der Waals surface area contributed by atoms with Crippen molar-refractivity contribution >= 4 is 11.5 Å². The van der Waals surface area contributed by atoms with Gasteiger partial charge in [-0.2, -0.15) is 4.98 Å². The van der Waals surface area contributed by atoms with Gasteiger partial charge in [-0.1, -0.05) is 6.08 Å². The lowest BCUT2D eigenvalue weighted by Gasteiger charge is -2.34. The minimum atomic E-state index is 0.424. The first-order valence-electron chi connectivity index (χ1n) is 7.24. The van der Waals surface area contributed by atoms with Gasteiger partial charge in [-0.25, -0.2) is 9.97 Å². The number of hydrogen-bond acceptors (Lipinski definition) is 6. The number of nitrogens with zero attached hydrogens (tertiary/aromatic N) is 4. The summed E-state index contributed by atoms with van der Waals surface area (Å²) in [5.74, 6) is 1.60. The highest BCUT2D eigenvalue weighted by Crippen LogP contribution is 2.32. The second-order valence-electron chi connectivity index (χ2n) is 5.49. The predicted octanol–water partition coefficient (Wildman–Crippen LogP) is 1.04. The van der Waals surface area contributed by atoms with Gasteiger partial charge in [0.15, 0.2) is 5.82 Å². The molecule has 0 amide bonds. The first-order chi connectivity index (χ1) is 9.92. The lowest BCUT2D eigenvalue weighted by atomic mass is 10.1. The maximum absolute atomic E-state index is 5.61. The summed E-state index contributed by atoms with van der Waals surface area (Å²) in [4.78, 5) is 15.7. The molecule has 6 heteroatoms. The van der Waals surface area contributed by atoms with Crippen LogP contribution < -0.4 is 4.90 Å². The lowest BCUT2D eigenvalue weighted by Crippen LogP contribution is -2.46. The van der Waals surface area contributed by atoms with Crippen LogP contribution in [0.25, 0.3) is 5.57 Å². The Morgan fingerprint density at radius 2 is 1.95 bits per heavy atom. The van der Waals surface area contributed by atoms with Crippen molar-refractivity contribution in [3.8, 4) is 0 Å². The van der Waals surface area contributed by atoms with Crippen LogP contribution in [-0.2, 0) is 9.47 Å². The summed E-state index contributed by atoms with van der Waals surface area (Å²) < 4.78 is 11.0. The Hall–Kier alpha value is -1.53. The first kappa shape index (κ1) is 12.2. The van der Waals surface area contributed by atoms with Crippen molar-refractivity contribution in [3.63, 3.8) is 0 Å². The second kappa shape index (κ2) is 5.10. The van der Waals surface area contributed by atoms with Gasteiger partial charge in [0.25, 0.3) is 0 Å². The summed E-state index contributed by atoms with van der Waals surface area (Å²) in [6.07, 6.45) is 6.91. The molecule has 4 rings (SSSR count). The van der Waals surface area contributed by atoms with Crippen LogP contribution in [0.1, 0.15) is 25.1 Å². The lowest BCUT2D eigenvalue weighted by molar-refractivity contribution is 0.0897. The van der Waals surface area contributed by atoms with Crippen molar-refractivity contribution in [3.05, 3.63) is 18.2 Å². The number of anilines is 1. The van der Waals surface area contributed by atoms with E-state index >= 15 is 0 Å². The molecule has 106 valence electrons. The Bertz CT molecular complexity index is 518. The van der Waals surface area contributed by atoms with Gasteiger partial charge in [-0.15, -0.1) is 0 Å². The third-order valence-corrected chi connectivity index (χ3v) is 4.28. The van der Waals surface area contributed by atoms with Crippen molar-refractivity contribution in [2.75, 3.05) is 31.3 Å². The topological polar surface area (TPSA) is 60.4 Å². The molecule has 2 atom stereocenters.